The second-order valence-corrected chi connectivity index (χ2v) is 7.22. The van der Waals surface area contributed by atoms with Gasteiger partial charge in [-0.05, 0) is 39.9 Å². The molecule has 5 rings (SSSR count). The lowest BCUT2D eigenvalue weighted by atomic mass is 9.92. The van der Waals surface area contributed by atoms with Gasteiger partial charge in [-0.2, -0.15) is 0 Å². The summed E-state index contributed by atoms with van der Waals surface area (Å²) in [4.78, 5) is 0. The van der Waals surface area contributed by atoms with Crippen molar-refractivity contribution in [1.29, 1.82) is 0 Å². The van der Waals surface area contributed by atoms with Crippen LogP contribution in [0.4, 0.5) is 0 Å². The number of furan rings is 1. The van der Waals surface area contributed by atoms with Crippen molar-refractivity contribution >= 4 is 32.7 Å². The first-order valence-electron chi connectivity index (χ1n) is 9.16. The minimum Gasteiger partial charge on any atom is -0.455 e. The van der Waals surface area contributed by atoms with Crippen LogP contribution in [-0.2, 0) is 0 Å². The van der Waals surface area contributed by atoms with Gasteiger partial charge in [-0.25, -0.2) is 0 Å². The number of rotatable bonds is 2. The molecule has 1 heteroatoms. The fourth-order valence-corrected chi connectivity index (χ4v) is 3.92. The van der Waals surface area contributed by atoms with Gasteiger partial charge in [-0.15, -0.1) is 0 Å². The van der Waals surface area contributed by atoms with Crippen molar-refractivity contribution in [3.63, 3.8) is 0 Å². The molecule has 0 atom stereocenters. The first kappa shape index (κ1) is 15.2. The van der Waals surface area contributed by atoms with Crippen LogP contribution in [0.1, 0.15) is 25.3 Å². The molecule has 0 saturated carbocycles. The fourth-order valence-electron chi connectivity index (χ4n) is 3.92. The quantitative estimate of drug-likeness (QED) is 0.325. The van der Waals surface area contributed by atoms with Crippen molar-refractivity contribution in [3.8, 4) is 11.1 Å². The monoisotopic (exact) mass is 336 g/mol. The summed E-state index contributed by atoms with van der Waals surface area (Å²) >= 11 is 0. The largest absolute Gasteiger partial charge is 0.455 e. The highest BCUT2D eigenvalue weighted by Crippen LogP contribution is 2.40. The SMILES string of the molecule is CC(C)c1ccc(-c2ccc3ccccc3c2)c2oc3ccccc3c12. The first-order chi connectivity index (χ1) is 12.7. The third-order valence-electron chi connectivity index (χ3n) is 5.24. The summed E-state index contributed by atoms with van der Waals surface area (Å²) in [6.07, 6.45) is 0. The molecule has 0 fully saturated rings. The van der Waals surface area contributed by atoms with Crippen LogP contribution >= 0.6 is 0 Å². The smallest absolute Gasteiger partial charge is 0.143 e. The third-order valence-corrected chi connectivity index (χ3v) is 5.24. The van der Waals surface area contributed by atoms with Gasteiger partial charge >= 0.3 is 0 Å². The van der Waals surface area contributed by atoms with E-state index in [-0.39, 0.29) is 0 Å². The van der Waals surface area contributed by atoms with Gasteiger partial charge in [0.15, 0.2) is 0 Å². The standard InChI is InChI=1S/C25H20O/c1-16(2)20-13-14-21(19-12-11-17-7-3-4-8-18(17)15-19)25-24(20)22-9-5-6-10-23(22)26-25/h3-16H,1-2H3. The molecule has 126 valence electrons. The summed E-state index contributed by atoms with van der Waals surface area (Å²) < 4.78 is 6.34. The summed E-state index contributed by atoms with van der Waals surface area (Å²) in [5, 5.41) is 4.97. The molecule has 1 heterocycles. The Morgan fingerprint density at radius 1 is 0.731 bits per heavy atom. The molecule has 1 nitrogen and oxygen atoms in total. The van der Waals surface area contributed by atoms with E-state index < -0.39 is 0 Å². The number of benzene rings is 4. The Morgan fingerprint density at radius 2 is 1.50 bits per heavy atom. The number of para-hydroxylation sites is 1. The number of fused-ring (bicyclic) bond motifs is 4. The van der Waals surface area contributed by atoms with Crippen LogP contribution in [0.15, 0.2) is 83.3 Å². The molecule has 0 spiro atoms. The molecule has 0 N–H and O–H groups in total. The second-order valence-electron chi connectivity index (χ2n) is 7.22. The Bertz CT molecular complexity index is 1260. The Labute approximate surface area is 152 Å². The van der Waals surface area contributed by atoms with E-state index in [2.05, 4.69) is 86.6 Å². The zero-order valence-corrected chi connectivity index (χ0v) is 15.0. The predicted molar refractivity (Wildman–Crippen MR) is 111 cm³/mol. The van der Waals surface area contributed by atoms with Crippen LogP contribution < -0.4 is 0 Å². The van der Waals surface area contributed by atoms with Gasteiger partial charge in [0.25, 0.3) is 0 Å². The second kappa shape index (κ2) is 5.74. The van der Waals surface area contributed by atoms with E-state index in [1.54, 1.807) is 0 Å². The van der Waals surface area contributed by atoms with E-state index in [9.17, 15) is 0 Å². The molecule has 26 heavy (non-hydrogen) atoms. The maximum atomic E-state index is 6.34. The Morgan fingerprint density at radius 3 is 2.35 bits per heavy atom. The first-order valence-corrected chi connectivity index (χ1v) is 9.16. The molecule has 0 saturated heterocycles. The van der Waals surface area contributed by atoms with E-state index in [0.29, 0.717) is 5.92 Å². The van der Waals surface area contributed by atoms with Gasteiger partial charge in [0, 0.05) is 16.3 Å². The van der Waals surface area contributed by atoms with E-state index >= 15 is 0 Å². The number of hydrogen-bond donors (Lipinski definition) is 0. The van der Waals surface area contributed by atoms with E-state index in [4.69, 9.17) is 4.42 Å². The van der Waals surface area contributed by atoms with Gasteiger partial charge in [0.2, 0.25) is 0 Å². The average molecular weight is 336 g/mol. The van der Waals surface area contributed by atoms with Crippen molar-refractivity contribution in [3.05, 3.63) is 84.4 Å². The Hall–Kier alpha value is -3.06. The average Bonchev–Trinajstić information content (AvgIpc) is 3.06. The van der Waals surface area contributed by atoms with Crippen molar-refractivity contribution in [2.45, 2.75) is 19.8 Å². The van der Waals surface area contributed by atoms with Crippen LogP contribution in [-0.4, -0.2) is 0 Å². The number of hydrogen-bond acceptors (Lipinski definition) is 1. The van der Waals surface area contributed by atoms with Crippen molar-refractivity contribution in [2.75, 3.05) is 0 Å². The maximum absolute atomic E-state index is 6.34. The van der Waals surface area contributed by atoms with Crippen molar-refractivity contribution < 1.29 is 4.42 Å². The van der Waals surface area contributed by atoms with Crippen LogP contribution in [0.25, 0.3) is 43.8 Å². The van der Waals surface area contributed by atoms with Crippen molar-refractivity contribution in [1.82, 2.24) is 0 Å². The van der Waals surface area contributed by atoms with Crippen LogP contribution in [0, 0.1) is 0 Å². The van der Waals surface area contributed by atoms with Gasteiger partial charge in [0.1, 0.15) is 11.2 Å². The topological polar surface area (TPSA) is 13.1 Å². The minimum atomic E-state index is 0.448. The van der Waals surface area contributed by atoms with E-state index in [1.807, 2.05) is 6.07 Å². The van der Waals surface area contributed by atoms with Gasteiger partial charge in [-0.3, -0.25) is 0 Å². The fraction of sp³-hybridized carbons (Fsp3) is 0.120. The lowest BCUT2D eigenvalue weighted by Gasteiger charge is -2.11. The molecule has 0 unspecified atom stereocenters. The normalized spacial score (nSPS) is 11.8. The molecule has 0 amide bonds. The van der Waals surface area contributed by atoms with E-state index in [1.165, 1.54) is 32.7 Å². The summed E-state index contributed by atoms with van der Waals surface area (Å²) in [5.74, 6) is 0.448. The highest BCUT2D eigenvalue weighted by atomic mass is 16.3. The molecular weight excluding hydrogens is 316 g/mol. The van der Waals surface area contributed by atoms with Crippen molar-refractivity contribution in [2.24, 2.45) is 0 Å². The lowest BCUT2D eigenvalue weighted by Crippen LogP contribution is -1.90. The summed E-state index contributed by atoms with van der Waals surface area (Å²) in [6.45, 7) is 4.48. The Kier molecular flexibility index (Phi) is 3.36. The molecular formula is C25H20O. The van der Waals surface area contributed by atoms with Gasteiger partial charge in [-0.1, -0.05) is 80.6 Å². The van der Waals surface area contributed by atoms with Crippen LogP contribution in [0.5, 0.6) is 0 Å². The highest BCUT2D eigenvalue weighted by Gasteiger charge is 2.17. The van der Waals surface area contributed by atoms with Gasteiger partial charge < -0.3 is 4.42 Å². The summed E-state index contributed by atoms with van der Waals surface area (Å²) in [7, 11) is 0. The molecule has 0 aliphatic rings. The summed E-state index contributed by atoms with van der Waals surface area (Å²) in [5.41, 5.74) is 5.65. The molecule has 0 radical (unpaired) electrons. The summed E-state index contributed by atoms with van der Waals surface area (Å²) in [6, 6.07) is 27.9. The molecule has 0 aliphatic carbocycles. The van der Waals surface area contributed by atoms with E-state index in [0.717, 1.165) is 16.7 Å². The molecule has 0 bridgehead atoms. The molecule has 4 aromatic carbocycles. The highest BCUT2D eigenvalue weighted by molar-refractivity contribution is 6.11. The lowest BCUT2D eigenvalue weighted by molar-refractivity contribution is 0.669. The minimum absolute atomic E-state index is 0.448. The Balaban J connectivity index is 1.86. The maximum Gasteiger partial charge on any atom is 0.143 e. The molecule has 0 aliphatic heterocycles. The predicted octanol–water partition coefficient (Wildman–Crippen LogP) is 7.53. The van der Waals surface area contributed by atoms with Gasteiger partial charge in [0.05, 0.1) is 0 Å². The molecule has 1 aromatic heterocycles. The third kappa shape index (κ3) is 2.24. The van der Waals surface area contributed by atoms with Crippen LogP contribution in [0.2, 0.25) is 0 Å². The molecule has 5 aromatic rings. The van der Waals surface area contributed by atoms with Crippen LogP contribution in [0.3, 0.4) is 0 Å². The zero-order chi connectivity index (χ0) is 17.7. The zero-order valence-electron chi connectivity index (χ0n) is 15.0.